The number of hydrogen-bond donors (Lipinski definition) is 3. The second-order valence-electron chi connectivity index (χ2n) is 5.02. The normalized spacial score (nSPS) is 36.7. The van der Waals surface area contributed by atoms with Crippen molar-refractivity contribution in [3.05, 3.63) is 0 Å². The molecule has 0 spiro atoms. The smallest absolute Gasteiger partial charge is 0.206 e. The number of nitrogens with two attached hydrogens (primary N) is 1. The first-order valence-corrected chi connectivity index (χ1v) is 6.01. The minimum Gasteiger partial charge on any atom is -0.353 e. The highest BCUT2D eigenvalue weighted by molar-refractivity contribution is 5.80. The van der Waals surface area contributed by atoms with Crippen molar-refractivity contribution in [3.8, 4) is 0 Å². The van der Waals surface area contributed by atoms with Crippen LogP contribution in [0, 0.1) is 11.8 Å². The van der Waals surface area contributed by atoms with Gasteiger partial charge >= 0.3 is 0 Å². The van der Waals surface area contributed by atoms with Crippen molar-refractivity contribution < 1.29 is 0 Å². The van der Waals surface area contributed by atoms with Gasteiger partial charge < -0.3 is 5.32 Å². The monoisotopic (exact) mass is 210 g/mol. The molecule has 0 amide bonds. The van der Waals surface area contributed by atoms with Crippen LogP contribution in [0.3, 0.4) is 0 Å². The zero-order valence-corrected chi connectivity index (χ0v) is 9.66. The van der Waals surface area contributed by atoms with E-state index < -0.39 is 0 Å². The first-order valence-electron chi connectivity index (χ1n) is 6.01. The van der Waals surface area contributed by atoms with E-state index >= 15 is 0 Å². The third-order valence-electron chi connectivity index (χ3n) is 3.77. The lowest BCUT2D eigenvalue weighted by molar-refractivity contribution is 0.422. The number of hydrogen-bond acceptors (Lipinski definition) is 2. The molecular formula is C11H22N4. The molecule has 0 aromatic carbocycles. The fourth-order valence-electron chi connectivity index (χ4n) is 2.22. The molecule has 4 N–H and O–H groups in total. The molecule has 3 unspecified atom stereocenters. The number of rotatable bonds is 2. The molecule has 4 heteroatoms. The van der Waals surface area contributed by atoms with Crippen LogP contribution in [0.15, 0.2) is 4.99 Å². The van der Waals surface area contributed by atoms with Crippen molar-refractivity contribution in [1.82, 2.24) is 10.7 Å². The molecule has 0 aliphatic heterocycles. The molecule has 0 radical (unpaired) electrons. The van der Waals surface area contributed by atoms with Crippen LogP contribution in [0.5, 0.6) is 0 Å². The third kappa shape index (κ3) is 2.62. The number of hydrazine groups is 1. The fourth-order valence-corrected chi connectivity index (χ4v) is 2.22. The summed E-state index contributed by atoms with van der Waals surface area (Å²) in [5.41, 5.74) is 2.67. The molecule has 2 rings (SSSR count). The highest BCUT2D eigenvalue weighted by Gasteiger charge is 2.30. The van der Waals surface area contributed by atoms with Crippen LogP contribution in [0.1, 0.15) is 39.5 Å². The van der Waals surface area contributed by atoms with Gasteiger partial charge in [-0.05, 0) is 37.5 Å². The number of aliphatic imine (C=N–C) groups is 1. The first-order chi connectivity index (χ1) is 7.20. The van der Waals surface area contributed by atoms with Crippen molar-refractivity contribution >= 4 is 5.96 Å². The Morgan fingerprint density at radius 3 is 2.40 bits per heavy atom. The first kappa shape index (κ1) is 10.7. The fraction of sp³-hybridized carbons (Fsp3) is 0.909. The van der Waals surface area contributed by atoms with E-state index in [9.17, 15) is 0 Å². The largest absolute Gasteiger partial charge is 0.353 e. The molecule has 0 saturated heterocycles. The summed E-state index contributed by atoms with van der Waals surface area (Å²) in [6.07, 6.45) is 4.98. The Balaban J connectivity index is 1.93. The van der Waals surface area contributed by atoms with Gasteiger partial charge in [-0.25, -0.2) is 10.8 Å². The van der Waals surface area contributed by atoms with Gasteiger partial charge in [0.2, 0.25) is 5.96 Å². The Hall–Kier alpha value is -0.770. The van der Waals surface area contributed by atoms with Crippen molar-refractivity contribution in [2.75, 3.05) is 0 Å². The van der Waals surface area contributed by atoms with Crippen LogP contribution in [-0.2, 0) is 0 Å². The topological polar surface area (TPSA) is 62.4 Å². The number of guanidine groups is 1. The molecule has 0 heterocycles. The van der Waals surface area contributed by atoms with Crippen LogP contribution in [0.4, 0.5) is 0 Å². The van der Waals surface area contributed by atoms with Crippen molar-refractivity contribution in [2.45, 2.75) is 51.6 Å². The minimum absolute atomic E-state index is 0.442. The van der Waals surface area contributed by atoms with Crippen LogP contribution in [-0.4, -0.2) is 18.0 Å². The van der Waals surface area contributed by atoms with Gasteiger partial charge in [-0.15, -0.1) is 0 Å². The van der Waals surface area contributed by atoms with Crippen LogP contribution in [0.25, 0.3) is 0 Å². The van der Waals surface area contributed by atoms with E-state index in [-0.39, 0.29) is 0 Å². The van der Waals surface area contributed by atoms with Crippen LogP contribution in [0.2, 0.25) is 0 Å². The number of nitrogens with one attached hydrogen (secondary N) is 2. The van der Waals surface area contributed by atoms with Gasteiger partial charge in [-0.2, -0.15) is 0 Å². The Labute approximate surface area is 91.7 Å². The van der Waals surface area contributed by atoms with Crippen molar-refractivity contribution in [3.63, 3.8) is 0 Å². The maximum atomic E-state index is 5.46. The molecule has 2 saturated carbocycles. The Morgan fingerprint density at radius 1 is 1.20 bits per heavy atom. The molecular weight excluding hydrogens is 188 g/mol. The van der Waals surface area contributed by atoms with Crippen LogP contribution < -0.4 is 16.6 Å². The lowest BCUT2D eigenvalue weighted by atomic mass is 9.98. The van der Waals surface area contributed by atoms with E-state index in [4.69, 9.17) is 5.84 Å². The maximum absolute atomic E-state index is 5.46. The summed E-state index contributed by atoms with van der Waals surface area (Å²) in [4.78, 5) is 4.68. The molecule has 4 nitrogen and oxygen atoms in total. The SMILES string of the molecule is CC1CCC(N=C(NN)NC2CC2)C1C. The molecule has 0 bridgehead atoms. The summed E-state index contributed by atoms with van der Waals surface area (Å²) in [5.74, 6) is 7.71. The summed E-state index contributed by atoms with van der Waals surface area (Å²) in [5, 5.41) is 3.32. The zero-order chi connectivity index (χ0) is 10.8. The maximum Gasteiger partial charge on any atom is 0.206 e. The van der Waals surface area contributed by atoms with Crippen molar-refractivity contribution in [2.24, 2.45) is 22.7 Å². The molecule has 2 aliphatic rings. The quantitative estimate of drug-likeness (QED) is 0.276. The molecule has 0 aromatic heterocycles. The van der Waals surface area contributed by atoms with E-state index in [0.29, 0.717) is 18.0 Å². The summed E-state index contributed by atoms with van der Waals surface area (Å²) in [6.45, 7) is 4.60. The predicted octanol–water partition coefficient (Wildman–Crippen LogP) is 0.992. The molecule has 2 aliphatic carbocycles. The third-order valence-corrected chi connectivity index (χ3v) is 3.77. The van der Waals surface area contributed by atoms with Gasteiger partial charge in [0, 0.05) is 6.04 Å². The molecule has 0 aromatic rings. The number of nitrogens with zero attached hydrogens (tertiary/aromatic N) is 1. The summed E-state index contributed by atoms with van der Waals surface area (Å²) in [7, 11) is 0. The average molecular weight is 210 g/mol. The Bertz CT molecular complexity index is 247. The average Bonchev–Trinajstić information content (AvgIpc) is 2.99. The predicted molar refractivity (Wildman–Crippen MR) is 62.3 cm³/mol. The minimum atomic E-state index is 0.442. The van der Waals surface area contributed by atoms with Gasteiger partial charge in [-0.1, -0.05) is 13.8 Å². The Morgan fingerprint density at radius 2 is 1.93 bits per heavy atom. The van der Waals surface area contributed by atoms with Crippen LogP contribution >= 0.6 is 0 Å². The van der Waals surface area contributed by atoms with E-state index in [1.165, 1.54) is 25.7 Å². The second kappa shape index (κ2) is 4.39. The van der Waals surface area contributed by atoms with Gasteiger partial charge in [0.05, 0.1) is 6.04 Å². The van der Waals surface area contributed by atoms with E-state index in [2.05, 4.69) is 29.6 Å². The molecule has 15 heavy (non-hydrogen) atoms. The lowest BCUT2D eigenvalue weighted by Crippen LogP contribution is -2.43. The summed E-state index contributed by atoms with van der Waals surface area (Å²) < 4.78 is 0. The van der Waals surface area contributed by atoms with E-state index in [1.54, 1.807) is 0 Å². The molecule has 3 atom stereocenters. The highest BCUT2D eigenvalue weighted by Crippen LogP contribution is 2.33. The van der Waals surface area contributed by atoms with E-state index in [0.717, 1.165) is 11.9 Å². The van der Waals surface area contributed by atoms with Gasteiger partial charge in [-0.3, -0.25) is 5.43 Å². The van der Waals surface area contributed by atoms with Gasteiger partial charge in [0.25, 0.3) is 0 Å². The van der Waals surface area contributed by atoms with E-state index in [1.807, 2.05) is 0 Å². The standard InChI is InChI=1S/C11H22N4/c1-7-3-6-10(8(7)2)14-11(15-12)13-9-4-5-9/h7-10H,3-6,12H2,1-2H3,(H2,13,14,15). The summed E-state index contributed by atoms with van der Waals surface area (Å²) >= 11 is 0. The van der Waals surface area contributed by atoms with Gasteiger partial charge in [0.15, 0.2) is 0 Å². The molecule has 2 fully saturated rings. The second-order valence-corrected chi connectivity index (χ2v) is 5.02. The molecule has 86 valence electrons. The highest BCUT2D eigenvalue weighted by atomic mass is 15.3. The Kier molecular flexibility index (Phi) is 3.14. The zero-order valence-electron chi connectivity index (χ0n) is 9.66. The van der Waals surface area contributed by atoms with Gasteiger partial charge in [0.1, 0.15) is 0 Å². The summed E-state index contributed by atoms with van der Waals surface area (Å²) in [6, 6.07) is 1.05. The van der Waals surface area contributed by atoms with Crippen molar-refractivity contribution in [1.29, 1.82) is 0 Å². The lowest BCUT2D eigenvalue weighted by Gasteiger charge is -2.16.